The van der Waals surface area contributed by atoms with E-state index in [4.69, 9.17) is 4.85 Å². The third-order valence-corrected chi connectivity index (χ3v) is 20.2. The van der Waals surface area contributed by atoms with E-state index in [1.54, 1.807) is 11.3 Å². The van der Waals surface area contributed by atoms with Crippen LogP contribution < -0.4 is 0 Å². The molecule has 0 radical (unpaired) electrons. The van der Waals surface area contributed by atoms with Crippen LogP contribution in [-0.2, 0) is 0 Å². The molecule has 0 saturated heterocycles. The maximum absolute atomic E-state index is 12.5. The SMILES string of the molecule is [C-]#[N+]c1c(-c2ccccc2)c(-n2c3c(ccc4c5ccccc5sc43)c3ccc4c5ccccc5sc4c32)c(-c2ccccc2)c(C#N)c1-n1c2ccccc2c2ccc3c4ccc(-c5ccccc5-c5ccccc5)cc4sc3c21. The Bertz CT molecular complexity index is 5400. The second-order valence-electron chi connectivity index (χ2n) is 20.8. The lowest BCUT2D eigenvalue weighted by Gasteiger charge is -2.26. The van der Waals surface area contributed by atoms with E-state index in [0.29, 0.717) is 16.9 Å². The van der Waals surface area contributed by atoms with Gasteiger partial charge in [-0.3, -0.25) is 0 Å². The normalized spacial score (nSPS) is 11.9. The lowest BCUT2D eigenvalue weighted by atomic mass is 9.88. The largest absolute Gasteiger partial charge is 0.316 e. The van der Waals surface area contributed by atoms with Crippen molar-refractivity contribution in [1.82, 2.24) is 9.13 Å². The van der Waals surface area contributed by atoms with E-state index < -0.39 is 0 Å². The summed E-state index contributed by atoms with van der Waals surface area (Å²) < 4.78 is 11.7. The molecule has 0 amide bonds. The molecule has 17 rings (SSSR count). The van der Waals surface area contributed by atoms with Crippen LogP contribution in [0.25, 0.3) is 165 Å². The first-order valence-corrected chi connectivity index (χ1v) is 29.4. The molecular formula is C74H40N4S3. The highest BCUT2D eigenvalue weighted by molar-refractivity contribution is 7.27. The molecule has 0 spiro atoms. The van der Waals surface area contributed by atoms with Crippen molar-refractivity contribution >= 4 is 144 Å². The zero-order chi connectivity index (χ0) is 53.4. The van der Waals surface area contributed by atoms with E-state index in [2.05, 4.69) is 246 Å². The Morgan fingerprint density at radius 1 is 0.346 bits per heavy atom. The van der Waals surface area contributed by atoms with Gasteiger partial charge in [-0.05, 0) is 57.6 Å². The van der Waals surface area contributed by atoms with Crippen LogP contribution in [-0.4, -0.2) is 9.13 Å². The minimum absolute atomic E-state index is 0.412. The molecule has 0 aliphatic rings. The lowest BCUT2D eigenvalue weighted by Crippen LogP contribution is -2.08. The fourth-order valence-corrected chi connectivity index (χ4v) is 16.9. The highest BCUT2D eigenvalue weighted by Crippen LogP contribution is 2.56. The molecule has 5 heterocycles. The topological polar surface area (TPSA) is 38.0 Å². The van der Waals surface area contributed by atoms with Gasteiger partial charge in [0.05, 0.1) is 59.7 Å². The van der Waals surface area contributed by atoms with Gasteiger partial charge in [0.25, 0.3) is 0 Å². The van der Waals surface area contributed by atoms with Gasteiger partial charge in [-0.1, -0.05) is 218 Å². The molecule has 0 N–H and O–H groups in total. The maximum Gasteiger partial charge on any atom is 0.221 e. The Morgan fingerprint density at radius 3 is 1.33 bits per heavy atom. The van der Waals surface area contributed by atoms with E-state index >= 15 is 0 Å². The highest BCUT2D eigenvalue weighted by Gasteiger charge is 2.33. The molecule has 0 fully saturated rings. The summed E-state index contributed by atoms with van der Waals surface area (Å²) in [5.74, 6) is 0. The summed E-state index contributed by atoms with van der Waals surface area (Å²) in [7, 11) is 0. The second-order valence-corrected chi connectivity index (χ2v) is 23.9. The van der Waals surface area contributed by atoms with Gasteiger partial charge in [-0.15, -0.1) is 34.0 Å². The molecule has 7 heteroatoms. The fourth-order valence-electron chi connectivity index (χ4n) is 13.2. The van der Waals surface area contributed by atoms with Gasteiger partial charge in [-0.2, -0.15) is 5.26 Å². The second kappa shape index (κ2) is 17.7. The van der Waals surface area contributed by atoms with Crippen LogP contribution in [0, 0.1) is 17.9 Å². The molecule has 0 aliphatic carbocycles. The number of hydrogen-bond acceptors (Lipinski definition) is 4. The number of para-hydroxylation sites is 1. The van der Waals surface area contributed by atoms with Crippen molar-refractivity contribution in [2.24, 2.45) is 0 Å². The Labute approximate surface area is 476 Å². The number of nitriles is 1. The first kappa shape index (κ1) is 45.9. The van der Waals surface area contributed by atoms with Crippen molar-refractivity contribution in [2.75, 3.05) is 0 Å². The van der Waals surface area contributed by atoms with Crippen LogP contribution in [0.15, 0.2) is 243 Å². The molecule has 0 atom stereocenters. The zero-order valence-electron chi connectivity index (χ0n) is 43.1. The van der Waals surface area contributed by atoms with E-state index in [9.17, 15) is 11.8 Å². The van der Waals surface area contributed by atoms with Crippen molar-refractivity contribution in [3.05, 3.63) is 260 Å². The van der Waals surface area contributed by atoms with Crippen LogP contribution in [0.5, 0.6) is 0 Å². The van der Waals surface area contributed by atoms with Crippen molar-refractivity contribution in [3.8, 4) is 62.0 Å². The number of thiophene rings is 3. The van der Waals surface area contributed by atoms with Crippen molar-refractivity contribution < 1.29 is 0 Å². The average Bonchev–Trinajstić information content (AvgIpc) is 3.92. The zero-order valence-corrected chi connectivity index (χ0v) is 45.6. The Hall–Kier alpha value is -10.1. The number of fused-ring (bicyclic) bond motifs is 18. The van der Waals surface area contributed by atoms with Gasteiger partial charge in [-0.25, -0.2) is 4.85 Å². The maximum atomic E-state index is 12.5. The smallest absolute Gasteiger partial charge is 0.221 e. The molecule has 0 saturated carbocycles. The first-order valence-electron chi connectivity index (χ1n) is 27.0. The molecule has 81 heavy (non-hydrogen) atoms. The third-order valence-electron chi connectivity index (χ3n) is 16.6. The van der Waals surface area contributed by atoms with Crippen LogP contribution in [0.4, 0.5) is 5.69 Å². The van der Waals surface area contributed by atoms with E-state index in [1.807, 2.05) is 34.8 Å². The van der Waals surface area contributed by atoms with Gasteiger partial charge in [0.1, 0.15) is 6.07 Å². The molecule has 4 nitrogen and oxygen atoms in total. The third kappa shape index (κ3) is 6.54. The number of benzene rings is 12. The van der Waals surface area contributed by atoms with E-state index in [1.165, 1.54) is 47.6 Å². The Kier molecular flexibility index (Phi) is 10.0. The minimum atomic E-state index is 0.412. The van der Waals surface area contributed by atoms with Gasteiger partial charge in [0.2, 0.25) is 5.69 Å². The Balaban J connectivity index is 1.06. The summed E-state index contributed by atoms with van der Waals surface area (Å²) in [6.45, 7) is 9.73. The average molecular weight is 1080 g/mol. The van der Waals surface area contributed by atoms with Crippen LogP contribution >= 0.6 is 34.0 Å². The molecule has 17 aromatic rings. The first-order chi connectivity index (χ1) is 40.1. The van der Waals surface area contributed by atoms with Crippen LogP contribution in [0.3, 0.4) is 0 Å². The van der Waals surface area contributed by atoms with Gasteiger partial charge in [0, 0.05) is 79.1 Å². The molecule has 0 bridgehead atoms. The fraction of sp³-hybridized carbons (Fsp3) is 0. The van der Waals surface area contributed by atoms with Crippen molar-refractivity contribution in [1.29, 1.82) is 5.26 Å². The number of hydrogen-bond donors (Lipinski definition) is 0. The number of nitrogens with zero attached hydrogens (tertiary/aromatic N) is 4. The molecule has 0 aliphatic heterocycles. The lowest BCUT2D eigenvalue weighted by molar-refractivity contribution is 1.15. The Morgan fingerprint density at radius 2 is 0.765 bits per heavy atom. The minimum Gasteiger partial charge on any atom is -0.316 e. The van der Waals surface area contributed by atoms with E-state index in [-0.39, 0.29) is 0 Å². The van der Waals surface area contributed by atoms with Gasteiger partial charge >= 0.3 is 0 Å². The predicted molar refractivity (Wildman–Crippen MR) is 347 cm³/mol. The summed E-state index contributed by atoms with van der Waals surface area (Å²) in [5.41, 5.74) is 14.3. The molecular weight excluding hydrogens is 1040 g/mol. The number of rotatable bonds is 6. The van der Waals surface area contributed by atoms with Crippen molar-refractivity contribution in [3.63, 3.8) is 0 Å². The predicted octanol–water partition coefficient (Wildman–Crippen LogP) is 22.1. The standard InChI is InChI=1S/C74H40N4S3/c1-76-66-65(45-23-9-4-10-24-45)71(78-69-54(36-39-56-50-28-14-17-31-61(50)79-73(56)69)55-37-40-57-51-29-15-18-32-62(51)80-74(57)70(55)78)64(44-21-7-3-8-22-44)59(42-75)67(66)77-60-30-16-13-27-49(60)53-35-38-58-52-34-33-46(41-63(52)81-72(58)68(53)77)48-26-12-11-25-47(48)43-19-5-2-6-20-43/h2-41H. The van der Waals surface area contributed by atoms with Gasteiger partial charge < -0.3 is 9.13 Å². The molecule has 12 aromatic carbocycles. The van der Waals surface area contributed by atoms with Crippen LogP contribution in [0.2, 0.25) is 0 Å². The summed E-state index contributed by atoms with van der Waals surface area (Å²) >= 11 is 5.40. The van der Waals surface area contributed by atoms with E-state index in [0.717, 1.165) is 107 Å². The highest BCUT2D eigenvalue weighted by atomic mass is 32.1. The summed E-state index contributed by atoms with van der Waals surface area (Å²) in [6.07, 6.45) is 0. The van der Waals surface area contributed by atoms with Crippen LogP contribution in [0.1, 0.15) is 5.56 Å². The molecule has 374 valence electrons. The molecule has 0 unspecified atom stereocenters. The van der Waals surface area contributed by atoms with Gasteiger partial charge in [0.15, 0.2) is 0 Å². The monoisotopic (exact) mass is 1080 g/mol. The number of aromatic nitrogens is 2. The quantitative estimate of drug-likeness (QED) is 0.153. The molecule has 5 aromatic heterocycles. The summed E-state index contributed by atoms with van der Waals surface area (Å²) in [5, 5.41) is 23.9. The summed E-state index contributed by atoms with van der Waals surface area (Å²) in [4.78, 5) is 4.76. The van der Waals surface area contributed by atoms with Crippen molar-refractivity contribution in [2.45, 2.75) is 0 Å². The summed E-state index contributed by atoms with van der Waals surface area (Å²) in [6, 6.07) is 89.6.